The second-order valence-electron chi connectivity index (χ2n) is 7.89. The summed E-state index contributed by atoms with van der Waals surface area (Å²) in [5, 5.41) is 4.73. The van der Waals surface area contributed by atoms with Crippen LogP contribution < -0.4 is 4.74 Å². The van der Waals surface area contributed by atoms with E-state index in [-0.39, 0.29) is 5.60 Å². The van der Waals surface area contributed by atoms with E-state index in [4.69, 9.17) is 14.3 Å². The zero-order valence-electron chi connectivity index (χ0n) is 15.9. The summed E-state index contributed by atoms with van der Waals surface area (Å²) >= 11 is 0. The highest BCUT2D eigenvalue weighted by atomic mass is 16.5. The number of nitrogens with zero attached hydrogens (tertiary/aromatic N) is 3. The minimum atomic E-state index is -0.281. The molecule has 0 aliphatic carbocycles. The van der Waals surface area contributed by atoms with Gasteiger partial charge in [0, 0.05) is 43.1 Å². The van der Waals surface area contributed by atoms with E-state index >= 15 is 0 Å². The smallest absolute Gasteiger partial charge is 0.140 e. The first kappa shape index (κ1) is 16.6. The van der Waals surface area contributed by atoms with E-state index in [1.807, 2.05) is 18.3 Å². The Kier molecular flexibility index (Phi) is 3.86. The van der Waals surface area contributed by atoms with Gasteiger partial charge in [-0.15, -0.1) is 0 Å². The van der Waals surface area contributed by atoms with E-state index in [9.17, 15) is 0 Å². The molecule has 0 saturated carbocycles. The van der Waals surface area contributed by atoms with E-state index in [1.165, 1.54) is 11.3 Å². The molecule has 2 aromatic heterocycles. The molecule has 1 saturated heterocycles. The maximum atomic E-state index is 6.66. The van der Waals surface area contributed by atoms with Crippen LogP contribution in [0, 0.1) is 0 Å². The Morgan fingerprint density at radius 3 is 2.67 bits per heavy atom. The number of hydrogen-bond acceptors (Lipinski definition) is 4. The van der Waals surface area contributed by atoms with Crippen molar-refractivity contribution < 1.29 is 9.15 Å². The van der Waals surface area contributed by atoms with Crippen molar-refractivity contribution in [2.45, 2.75) is 44.9 Å². The Morgan fingerprint density at radius 2 is 1.93 bits per heavy atom. The number of piperidine rings is 1. The average molecular weight is 363 g/mol. The summed E-state index contributed by atoms with van der Waals surface area (Å²) in [6.45, 7) is 7.19. The van der Waals surface area contributed by atoms with Crippen LogP contribution in [0.2, 0.25) is 0 Å². The number of aromatic nitrogens is 2. The predicted octanol–water partition coefficient (Wildman–Crippen LogP) is 4.61. The van der Waals surface area contributed by atoms with Crippen molar-refractivity contribution in [3.63, 3.8) is 0 Å². The van der Waals surface area contributed by atoms with Crippen LogP contribution in [0.4, 0.5) is 0 Å². The van der Waals surface area contributed by atoms with E-state index < -0.39 is 0 Å². The molecule has 5 heteroatoms. The number of hydrogen-bond donors (Lipinski definition) is 0. The summed E-state index contributed by atoms with van der Waals surface area (Å²) in [6, 6.07) is 12.7. The van der Waals surface area contributed by atoms with Crippen LogP contribution in [0.3, 0.4) is 0 Å². The van der Waals surface area contributed by atoms with Gasteiger partial charge in [0.2, 0.25) is 0 Å². The SMILES string of the molecule is CC(C)n1ncc2c1-c1ccccc1OC21CCN(Cc2ccco2)CC1. The van der Waals surface area contributed by atoms with Gasteiger partial charge in [0.1, 0.15) is 17.1 Å². The van der Waals surface area contributed by atoms with E-state index in [0.29, 0.717) is 6.04 Å². The predicted molar refractivity (Wildman–Crippen MR) is 104 cm³/mol. The highest BCUT2D eigenvalue weighted by Gasteiger charge is 2.45. The van der Waals surface area contributed by atoms with Crippen LogP contribution in [-0.2, 0) is 12.1 Å². The Balaban J connectivity index is 1.48. The summed E-state index contributed by atoms with van der Waals surface area (Å²) in [4.78, 5) is 2.44. The molecule has 0 atom stereocenters. The van der Waals surface area contributed by atoms with Crippen molar-refractivity contribution >= 4 is 0 Å². The number of benzene rings is 1. The Morgan fingerprint density at radius 1 is 1.11 bits per heavy atom. The van der Waals surface area contributed by atoms with Crippen molar-refractivity contribution in [3.05, 3.63) is 60.2 Å². The molecule has 4 heterocycles. The first-order valence-corrected chi connectivity index (χ1v) is 9.77. The van der Waals surface area contributed by atoms with Gasteiger partial charge in [0.15, 0.2) is 0 Å². The van der Waals surface area contributed by atoms with Crippen molar-refractivity contribution in [1.29, 1.82) is 0 Å². The number of fused-ring (bicyclic) bond motifs is 4. The fourth-order valence-electron chi connectivity index (χ4n) is 4.44. The molecule has 0 bridgehead atoms. The van der Waals surface area contributed by atoms with Gasteiger partial charge in [0.25, 0.3) is 0 Å². The first-order valence-electron chi connectivity index (χ1n) is 9.77. The molecule has 140 valence electrons. The molecule has 2 aliphatic rings. The first-order chi connectivity index (χ1) is 13.2. The minimum absolute atomic E-state index is 0.281. The maximum absolute atomic E-state index is 6.66. The zero-order chi connectivity index (χ0) is 18.4. The second kappa shape index (κ2) is 6.27. The third-order valence-electron chi connectivity index (χ3n) is 5.85. The average Bonchev–Trinajstić information content (AvgIpc) is 3.34. The summed E-state index contributed by atoms with van der Waals surface area (Å²) in [5.41, 5.74) is 3.34. The van der Waals surface area contributed by atoms with Gasteiger partial charge in [-0.3, -0.25) is 9.58 Å². The molecular weight excluding hydrogens is 338 g/mol. The van der Waals surface area contributed by atoms with Crippen LogP contribution in [0.1, 0.15) is 44.1 Å². The monoisotopic (exact) mass is 363 g/mol. The molecule has 3 aromatic rings. The lowest BCUT2D eigenvalue weighted by atomic mass is 9.81. The summed E-state index contributed by atoms with van der Waals surface area (Å²) in [5.74, 6) is 2.00. The number of ether oxygens (including phenoxy) is 1. The Bertz CT molecular complexity index is 934. The molecule has 1 aromatic carbocycles. The number of rotatable bonds is 3. The molecule has 0 N–H and O–H groups in total. The van der Waals surface area contributed by atoms with E-state index in [1.54, 1.807) is 6.26 Å². The van der Waals surface area contributed by atoms with Crippen LogP contribution >= 0.6 is 0 Å². The van der Waals surface area contributed by atoms with E-state index in [2.05, 4.69) is 47.7 Å². The molecule has 27 heavy (non-hydrogen) atoms. The van der Waals surface area contributed by atoms with Gasteiger partial charge < -0.3 is 9.15 Å². The lowest BCUT2D eigenvalue weighted by Gasteiger charge is -2.44. The third kappa shape index (κ3) is 2.69. The van der Waals surface area contributed by atoms with Crippen LogP contribution in [0.25, 0.3) is 11.3 Å². The molecule has 1 spiro atoms. The molecular formula is C22H25N3O2. The standard InChI is InChI=1S/C22H25N3O2/c1-16(2)25-21-18-7-3-4-8-20(18)27-22(19(21)14-23-25)9-11-24(12-10-22)15-17-6-5-13-26-17/h3-8,13-14,16H,9-12,15H2,1-2H3. The van der Waals surface area contributed by atoms with Gasteiger partial charge in [-0.05, 0) is 38.1 Å². The molecule has 0 radical (unpaired) electrons. The highest BCUT2D eigenvalue weighted by Crippen LogP contribution is 2.50. The molecule has 2 aliphatic heterocycles. The van der Waals surface area contributed by atoms with Crippen molar-refractivity contribution in [3.8, 4) is 17.0 Å². The zero-order valence-corrected chi connectivity index (χ0v) is 15.9. The molecule has 5 nitrogen and oxygen atoms in total. The number of furan rings is 1. The number of para-hydroxylation sites is 1. The lowest BCUT2D eigenvalue weighted by molar-refractivity contribution is -0.00840. The fourth-order valence-corrected chi connectivity index (χ4v) is 4.44. The number of likely N-dealkylation sites (tertiary alicyclic amines) is 1. The van der Waals surface area contributed by atoms with Crippen molar-refractivity contribution in [2.24, 2.45) is 0 Å². The van der Waals surface area contributed by atoms with Crippen LogP contribution in [0.5, 0.6) is 5.75 Å². The van der Waals surface area contributed by atoms with Crippen LogP contribution in [0.15, 0.2) is 53.3 Å². The van der Waals surface area contributed by atoms with Crippen molar-refractivity contribution in [2.75, 3.05) is 13.1 Å². The quantitative estimate of drug-likeness (QED) is 0.682. The Labute approximate surface area is 159 Å². The van der Waals surface area contributed by atoms with Crippen molar-refractivity contribution in [1.82, 2.24) is 14.7 Å². The molecule has 0 amide bonds. The molecule has 0 unspecified atom stereocenters. The third-order valence-corrected chi connectivity index (χ3v) is 5.85. The maximum Gasteiger partial charge on any atom is 0.140 e. The van der Waals surface area contributed by atoms with Gasteiger partial charge in [-0.2, -0.15) is 5.10 Å². The minimum Gasteiger partial charge on any atom is -0.482 e. The summed E-state index contributed by atoms with van der Waals surface area (Å²) in [7, 11) is 0. The van der Waals surface area contributed by atoms with Gasteiger partial charge in [-0.1, -0.05) is 12.1 Å². The normalized spacial score (nSPS) is 18.3. The van der Waals surface area contributed by atoms with E-state index in [0.717, 1.165) is 49.5 Å². The summed E-state index contributed by atoms with van der Waals surface area (Å²) in [6.07, 6.45) is 5.69. The largest absolute Gasteiger partial charge is 0.482 e. The topological polar surface area (TPSA) is 43.4 Å². The lowest BCUT2D eigenvalue weighted by Crippen LogP contribution is -2.47. The highest BCUT2D eigenvalue weighted by molar-refractivity contribution is 5.73. The Hall–Kier alpha value is -2.53. The fraction of sp³-hybridized carbons (Fsp3) is 0.409. The molecule has 5 rings (SSSR count). The van der Waals surface area contributed by atoms with Crippen LogP contribution in [-0.4, -0.2) is 27.8 Å². The second-order valence-corrected chi connectivity index (χ2v) is 7.89. The van der Waals surface area contributed by atoms with Gasteiger partial charge in [0.05, 0.1) is 24.7 Å². The summed E-state index contributed by atoms with van der Waals surface area (Å²) < 4.78 is 14.3. The van der Waals surface area contributed by atoms with Gasteiger partial charge in [-0.25, -0.2) is 0 Å². The van der Waals surface area contributed by atoms with Gasteiger partial charge >= 0.3 is 0 Å². The molecule has 1 fully saturated rings.